The van der Waals surface area contributed by atoms with E-state index in [0.29, 0.717) is 10.8 Å². The zero-order valence-corrected chi connectivity index (χ0v) is 11.3. The number of nitriles is 1. The van der Waals surface area contributed by atoms with Gasteiger partial charge in [0.25, 0.3) is 5.91 Å². The number of halogens is 1. The van der Waals surface area contributed by atoms with Gasteiger partial charge in [0.15, 0.2) is 6.61 Å². The Morgan fingerprint density at radius 3 is 2.79 bits per heavy atom. The highest BCUT2D eigenvalue weighted by Crippen LogP contribution is 2.25. The summed E-state index contributed by atoms with van der Waals surface area (Å²) >= 11 is 5.90. The monoisotopic (exact) mass is 278 g/mol. The smallest absolute Gasteiger partial charge is 0.260 e. The number of hydrogen-bond acceptors (Lipinski definition) is 3. The van der Waals surface area contributed by atoms with Gasteiger partial charge >= 0.3 is 0 Å². The third kappa shape index (κ3) is 3.39. The van der Waals surface area contributed by atoms with Crippen LogP contribution in [-0.2, 0) is 4.79 Å². The molecule has 0 radical (unpaired) electrons. The van der Waals surface area contributed by atoms with Gasteiger partial charge in [-0.1, -0.05) is 17.7 Å². The van der Waals surface area contributed by atoms with E-state index in [4.69, 9.17) is 21.6 Å². The van der Waals surface area contributed by atoms with Gasteiger partial charge in [0, 0.05) is 13.1 Å². The van der Waals surface area contributed by atoms with E-state index in [1.807, 2.05) is 6.07 Å². The predicted octanol–water partition coefficient (Wildman–Crippen LogP) is 2.60. The molecule has 0 unspecified atom stereocenters. The summed E-state index contributed by atoms with van der Waals surface area (Å²) in [5, 5.41) is 9.34. The summed E-state index contributed by atoms with van der Waals surface area (Å²) < 4.78 is 5.43. The Morgan fingerprint density at radius 2 is 2.11 bits per heavy atom. The number of carbonyl (C=O) groups is 1. The van der Waals surface area contributed by atoms with Crippen molar-refractivity contribution < 1.29 is 9.53 Å². The summed E-state index contributed by atoms with van der Waals surface area (Å²) in [5.74, 6) is 0.323. The zero-order chi connectivity index (χ0) is 13.7. The minimum Gasteiger partial charge on any atom is -0.482 e. The summed E-state index contributed by atoms with van der Waals surface area (Å²) in [6.45, 7) is 1.54. The summed E-state index contributed by atoms with van der Waals surface area (Å²) in [5.41, 5.74) is 0.274. The first-order valence-corrected chi connectivity index (χ1v) is 6.69. The first-order chi connectivity index (χ1) is 9.22. The Kier molecular flexibility index (Phi) is 4.64. The molecule has 0 aliphatic carbocycles. The van der Waals surface area contributed by atoms with Crippen LogP contribution in [0.4, 0.5) is 0 Å². The highest BCUT2D eigenvalue weighted by molar-refractivity contribution is 6.31. The first kappa shape index (κ1) is 13.7. The number of likely N-dealkylation sites (tertiary alicyclic amines) is 1. The Bertz CT molecular complexity index is 505. The molecule has 1 fully saturated rings. The number of ether oxygens (including phenoxy) is 1. The lowest BCUT2D eigenvalue weighted by molar-refractivity contribution is -0.134. The fourth-order valence-corrected chi connectivity index (χ4v) is 2.32. The van der Waals surface area contributed by atoms with Crippen LogP contribution >= 0.6 is 11.6 Å². The van der Waals surface area contributed by atoms with Crippen molar-refractivity contribution in [2.45, 2.75) is 19.3 Å². The third-order valence-corrected chi connectivity index (χ3v) is 3.46. The van der Waals surface area contributed by atoms with Crippen LogP contribution in [-0.4, -0.2) is 30.5 Å². The maximum Gasteiger partial charge on any atom is 0.260 e. The zero-order valence-electron chi connectivity index (χ0n) is 10.6. The SMILES string of the molecule is N#Cc1c(Cl)cccc1OCC(=O)N1CCCCC1. The van der Waals surface area contributed by atoms with Crippen molar-refractivity contribution >= 4 is 17.5 Å². The maximum atomic E-state index is 11.9. The van der Waals surface area contributed by atoms with E-state index in [1.54, 1.807) is 23.1 Å². The van der Waals surface area contributed by atoms with Crippen LogP contribution < -0.4 is 4.74 Å². The van der Waals surface area contributed by atoms with Gasteiger partial charge in [-0.3, -0.25) is 4.79 Å². The van der Waals surface area contributed by atoms with Gasteiger partial charge in [-0.25, -0.2) is 0 Å². The molecule has 1 heterocycles. The van der Waals surface area contributed by atoms with Crippen LogP contribution in [0.5, 0.6) is 5.75 Å². The van der Waals surface area contributed by atoms with Crippen LogP contribution in [0.25, 0.3) is 0 Å². The van der Waals surface area contributed by atoms with E-state index in [9.17, 15) is 4.79 Å². The molecule has 19 heavy (non-hydrogen) atoms. The normalized spacial score (nSPS) is 14.8. The Morgan fingerprint density at radius 1 is 1.37 bits per heavy atom. The average molecular weight is 279 g/mol. The molecule has 1 aliphatic heterocycles. The van der Waals surface area contributed by atoms with Crippen molar-refractivity contribution in [3.05, 3.63) is 28.8 Å². The van der Waals surface area contributed by atoms with Gasteiger partial charge in [-0.2, -0.15) is 5.26 Å². The molecule has 1 saturated heterocycles. The quantitative estimate of drug-likeness (QED) is 0.854. The lowest BCUT2D eigenvalue weighted by atomic mass is 10.1. The molecule has 0 aromatic heterocycles. The summed E-state index contributed by atoms with van der Waals surface area (Å²) in [6, 6.07) is 6.95. The molecular weight excluding hydrogens is 264 g/mol. The minimum absolute atomic E-state index is 0.0384. The molecule has 5 heteroatoms. The fourth-order valence-electron chi connectivity index (χ4n) is 2.11. The molecule has 1 aromatic rings. The topological polar surface area (TPSA) is 53.3 Å². The van der Waals surface area contributed by atoms with Crippen LogP contribution in [0.3, 0.4) is 0 Å². The number of piperidine rings is 1. The molecule has 100 valence electrons. The van der Waals surface area contributed by atoms with Crippen molar-refractivity contribution in [3.63, 3.8) is 0 Å². The van der Waals surface area contributed by atoms with Gasteiger partial charge in [0.1, 0.15) is 17.4 Å². The molecule has 0 saturated carbocycles. The molecule has 0 bridgehead atoms. The average Bonchev–Trinajstić information content (AvgIpc) is 2.45. The highest BCUT2D eigenvalue weighted by Gasteiger charge is 2.17. The third-order valence-electron chi connectivity index (χ3n) is 3.15. The van der Waals surface area contributed by atoms with E-state index in [1.165, 1.54) is 6.42 Å². The largest absolute Gasteiger partial charge is 0.482 e. The van der Waals surface area contributed by atoms with E-state index < -0.39 is 0 Å². The van der Waals surface area contributed by atoms with Crippen molar-refractivity contribution in [2.75, 3.05) is 19.7 Å². The van der Waals surface area contributed by atoms with E-state index in [2.05, 4.69) is 0 Å². The molecule has 0 atom stereocenters. The molecular formula is C14H15ClN2O2. The predicted molar refractivity (Wildman–Crippen MR) is 72.1 cm³/mol. The van der Waals surface area contributed by atoms with Crippen LogP contribution in [0.2, 0.25) is 5.02 Å². The van der Waals surface area contributed by atoms with Gasteiger partial charge in [-0.15, -0.1) is 0 Å². The van der Waals surface area contributed by atoms with Crippen molar-refractivity contribution in [1.82, 2.24) is 4.90 Å². The first-order valence-electron chi connectivity index (χ1n) is 6.31. The molecule has 0 N–H and O–H groups in total. The Balaban J connectivity index is 1.97. The van der Waals surface area contributed by atoms with Gasteiger partial charge < -0.3 is 9.64 Å². The van der Waals surface area contributed by atoms with Crippen LogP contribution in [0.15, 0.2) is 18.2 Å². The van der Waals surface area contributed by atoms with E-state index >= 15 is 0 Å². The van der Waals surface area contributed by atoms with Crippen LogP contribution in [0.1, 0.15) is 24.8 Å². The maximum absolute atomic E-state index is 11.9. The van der Waals surface area contributed by atoms with Crippen LogP contribution in [0, 0.1) is 11.3 Å². The second-order valence-electron chi connectivity index (χ2n) is 4.45. The molecule has 0 spiro atoms. The van der Waals surface area contributed by atoms with Gasteiger partial charge in [-0.05, 0) is 31.4 Å². The molecule has 1 aliphatic rings. The Hall–Kier alpha value is -1.73. The number of hydrogen-bond donors (Lipinski definition) is 0. The van der Waals surface area contributed by atoms with E-state index in [0.717, 1.165) is 25.9 Å². The molecule has 2 rings (SSSR count). The standard InChI is InChI=1S/C14H15ClN2O2/c15-12-5-4-6-13(11(12)9-16)19-10-14(18)17-7-2-1-3-8-17/h4-6H,1-3,7-8,10H2. The molecule has 4 nitrogen and oxygen atoms in total. The second kappa shape index (κ2) is 6.44. The fraction of sp³-hybridized carbons (Fsp3) is 0.429. The molecule has 1 amide bonds. The van der Waals surface area contributed by atoms with Crippen molar-refractivity contribution in [2.24, 2.45) is 0 Å². The van der Waals surface area contributed by atoms with E-state index in [-0.39, 0.29) is 18.1 Å². The number of benzene rings is 1. The summed E-state index contributed by atoms with van der Waals surface area (Å²) in [6.07, 6.45) is 3.27. The Labute approximate surface area is 117 Å². The molecule has 1 aromatic carbocycles. The lowest BCUT2D eigenvalue weighted by Gasteiger charge is -2.26. The van der Waals surface area contributed by atoms with Crippen molar-refractivity contribution in [1.29, 1.82) is 5.26 Å². The summed E-state index contributed by atoms with van der Waals surface area (Å²) in [4.78, 5) is 13.7. The number of carbonyl (C=O) groups excluding carboxylic acids is 1. The lowest BCUT2D eigenvalue weighted by Crippen LogP contribution is -2.38. The number of amides is 1. The second-order valence-corrected chi connectivity index (χ2v) is 4.86. The minimum atomic E-state index is -0.0466. The summed E-state index contributed by atoms with van der Waals surface area (Å²) in [7, 11) is 0. The number of nitrogens with zero attached hydrogens (tertiary/aromatic N) is 2. The highest BCUT2D eigenvalue weighted by atomic mass is 35.5. The van der Waals surface area contributed by atoms with Crippen molar-refractivity contribution in [3.8, 4) is 11.8 Å². The number of rotatable bonds is 3. The van der Waals surface area contributed by atoms with Gasteiger partial charge in [0.05, 0.1) is 5.02 Å². The van der Waals surface area contributed by atoms with Gasteiger partial charge in [0.2, 0.25) is 0 Å².